The molecule has 0 saturated carbocycles. The van der Waals surface area contributed by atoms with Gasteiger partial charge >= 0.3 is 0 Å². The molecule has 6 heteroatoms. The van der Waals surface area contributed by atoms with Gasteiger partial charge in [-0.15, -0.1) is 0 Å². The summed E-state index contributed by atoms with van der Waals surface area (Å²) in [6, 6.07) is 10.3. The summed E-state index contributed by atoms with van der Waals surface area (Å²) in [5, 5.41) is 0. The van der Waals surface area contributed by atoms with Gasteiger partial charge in [0, 0.05) is 44.7 Å². The van der Waals surface area contributed by atoms with E-state index in [9.17, 15) is 8.42 Å². The van der Waals surface area contributed by atoms with Crippen molar-refractivity contribution in [3.8, 4) is 0 Å². The first-order chi connectivity index (χ1) is 9.85. The average Bonchev–Trinajstić information content (AvgIpc) is 2.47. The van der Waals surface area contributed by atoms with E-state index in [4.69, 9.17) is 5.73 Å². The molecular weight excluding hydrogens is 286 g/mol. The van der Waals surface area contributed by atoms with Crippen molar-refractivity contribution < 1.29 is 8.42 Å². The zero-order chi connectivity index (χ0) is 15.5. The van der Waals surface area contributed by atoms with Crippen LogP contribution in [0.25, 0.3) is 0 Å². The molecule has 1 heterocycles. The molecule has 0 amide bonds. The summed E-state index contributed by atoms with van der Waals surface area (Å²) in [6.45, 7) is 6.24. The molecule has 2 rings (SSSR count). The monoisotopic (exact) mass is 311 g/mol. The van der Waals surface area contributed by atoms with E-state index in [0.29, 0.717) is 19.6 Å². The predicted octanol–water partition coefficient (Wildman–Crippen LogP) is 0.480. The van der Waals surface area contributed by atoms with Crippen molar-refractivity contribution in [2.24, 2.45) is 5.73 Å². The summed E-state index contributed by atoms with van der Waals surface area (Å²) in [5.41, 5.74) is 7.15. The molecule has 5 nitrogen and oxygen atoms in total. The molecule has 0 bridgehead atoms. The summed E-state index contributed by atoms with van der Waals surface area (Å²) < 4.78 is 24.6. The smallest absolute Gasteiger partial charge is 0.211 e. The summed E-state index contributed by atoms with van der Waals surface area (Å²) >= 11 is 0. The van der Waals surface area contributed by atoms with Gasteiger partial charge in [0.2, 0.25) is 10.0 Å². The quantitative estimate of drug-likeness (QED) is 0.859. The molecule has 1 aromatic rings. The fourth-order valence-electron chi connectivity index (χ4n) is 2.83. The third-order valence-corrected chi connectivity index (χ3v) is 5.60. The fourth-order valence-corrected chi connectivity index (χ4v) is 3.65. The molecule has 1 saturated heterocycles. The Balaban J connectivity index is 2.01. The van der Waals surface area contributed by atoms with E-state index in [1.807, 2.05) is 18.2 Å². The molecule has 118 valence electrons. The van der Waals surface area contributed by atoms with E-state index >= 15 is 0 Å². The molecule has 1 fully saturated rings. The Morgan fingerprint density at radius 1 is 1.14 bits per heavy atom. The molecule has 2 N–H and O–H groups in total. The molecule has 0 aromatic heterocycles. The van der Waals surface area contributed by atoms with Crippen molar-refractivity contribution in [1.29, 1.82) is 0 Å². The standard InChI is InChI=1S/C15H25N3O2S/c1-15(12-16,14-6-4-3-5-7-14)13-17-8-10-18(11-9-17)21(2,19)20/h3-7H,8-13,16H2,1-2H3. The van der Waals surface area contributed by atoms with Crippen LogP contribution in [0.5, 0.6) is 0 Å². The van der Waals surface area contributed by atoms with Gasteiger partial charge in [0.05, 0.1) is 6.26 Å². The molecule has 1 aromatic carbocycles. The number of sulfonamides is 1. The lowest BCUT2D eigenvalue weighted by molar-refractivity contribution is 0.157. The average molecular weight is 311 g/mol. The third kappa shape index (κ3) is 4.03. The Labute approximate surface area is 127 Å². The fraction of sp³-hybridized carbons (Fsp3) is 0.600. The van der Waals surface area contributed by atoms with Crippen LogP contribution < -0.4 is 5.73 Å². The van der Waals surface area contributed by atoms with Crippen molar-refractivity contribution in [3.63, 3.8) is 0 Å². The zero-order valence-corrected chi connectivity index (χ0v) is 13.6. The highest BCUT2D eigenvalue weighted by Crippen LogP contribution is 2.24. The molecule has 0 radical (unpaired) electrons. The summed E-state index contributed by atoms with van der Waals surface area (Å²) in [4.78, 5) is 2.31. The lowest BCUT2D eigenvalue weighted by Crippen LogP contribution is -2.53. The summed E-state index contributed by atoms with van der Waals surface area (Å²) in [5.74, 6) is 0. The molecule has 1 atom stereocenters. The highest BCUT2D eigenvalue weighted by Gasteiger charge is 2.30. The number of benzene rings is 1. The van der Waals surface area contributed by atoms with Crippen molar-refractivity contribution in [3.05, 3.63) is 35.9 Å². The second-order valence-corrected chi connectivity index (χ2v) is 8.05. The second-order valence-electron chi connectivity index (χ2n) is 6.07. The Morgan fingerprint density at radius 2 is 1.71 bits per heavy atom. The van der Waals surface area contributed by atoms with Crippen LogP contribution in [0, 0.1) is 0 Å². The van der Waals surface area contributed by atoms with Crippen molar-refractivity contribution in [2.45, 2.75) is 12.3 Å². The number of piperazine rings is 1. The first-order valence-corrected chi connectivity index (χ1v) is 9.13. The van der Waals surface area contributed by atoms with Crippen LogP contribution >= 0.6 is 0 Å². The maximum absolute atomic E-state index is 11.5. The van der Waals surface area contributed by atoms with Gasteiger partial charge < -0.3 is 5.73 Å². The van der Waals surface area contributed by atoms with E-state index in [0.717, 1.165) is 19.6 Å². The van der Waals surface area contributed by atoms with Crippen LogP contribution in [0.15, 0.2) is 30.3 Å². The Kier molecular flexibility index (Phi) is 5.03. The largest absolute Gasteiger partial charge is 0.330 e. The Morgan fingerprint density at radius 3 is 2.19 bits per heavy atom. The molecule has 0 aliphatic carbocycles. The molecule has 1 aliphatic heterocycles. The highest BCUT2D eigenvalue weighted by molar-refractivity contribution is 7.88. The Bertz CT molecular complexity index is 554. The van der Waals surface area contributed by atoms with Crippen LogP contribution in [-0.2, 0) is 15.4 Å². The van der Waals surface area contributed by atoms with Crippen molar-refractivity contribution in [1.82, 2.24) is 9.21 Å². The highest BCUT2D eigenvalue weighted by atomic mass is 32.2. The maximum atomic E-state index is 11.5. The van der Waals surface area contributed by atoms with Crippen LogP contribution in [0.2, 0.25) is 0 Å². The summed E-state index contributed by atoms with van der Waals surface area (Å²) in [7, 11) is -3.07. The number of hydrogen-bond acceptors (Lipinski definition) is 4. The van der Waals surface area contributed by atoms with Gasteiger partial charge in [-0.3, -0.25) is 4.90 Å². The van der Waals surface area contributed by atoms with Gasteiger partial charge in [-0.1, -0.05) is 37.3 Å². The molecule has 1 aliphatic rings. The van der Waals surface area contributed by atoms with E-state index in [1.165, 1.54) is 11.8 Å². The van der Waals surface area contributed by atoms with E-state index in [2.05, 4.69) is 24.0 Å². The van der Waals surface area contributed by atoms with Crippen LogP contribution in [-0.4, -0.2) is 63.1 Å². The topological polar surface area (TPSA) is 66.6 Å². The van der Waals surface area contributed by atoms with Gasteiger partial charge in [-0.25, -0.2) is 8.42 Å². The van der Waals surface area contributed by atoms with Crippen LogP contribution in [0.1, 0.15) is 12.5 Å². The first kappa shape index (κ1) is 16.4. The van der Waals surface area contributed by atoms with Gasteiger partial charge in [-0.05, 0) is 5.56 Å². The molecule has 1 unspecified atom stereocenters. The Hall–Kier alpha value is -0.950. The van der Waals surface area contributed by atoms with Crippen LogP contribution in [0.3, 0.4) is 0 Å². The van der Waals surface area contributed by atoms with Gasteiger partial charge in [0.15, 0.2) is 0 Å². The SMILES string of the molecule is CC(CN)(CN1CCN(S(C)(=O)=O)CC1)c1ccccc1. The second kappa shape index (κ2) is 6.44. The predicted molar refractivity (Wildman–Crippen MR) is 85.7 cm³/mol. The molecular formula is C15H25N3O2S. The first-order valence-electron chi connectivity index (χ1n) is 7.28. The lowest BCUT2D eigenvalue weighted by atomic mass is 9.82. The van der Waals surface area contributed by atoms with Gasteiger partial charge in [0.1, 0.15) is 0 Å². The van der Waals surface area contributed by atoms with Gasteiger partial charge in [0.25, 0.3) is 0 Å². The molecule has 0 spiro atoms. The third-order valence-electron chi connectivity index (χ3n) is 4.29. The molecule has 21 heavy (non-hydrogen) atoms. The minimum absolute atomic E-state index is 0.103. The van der Waals surface area contributed by atoms with E-state index < -0.39 is 10.0 Å². The maximum Gasteiger partial charge on any atom is 0.211 e. The number of nitrogens with zero attached hydrogens (tertiary/aromatic N) is 2. The lowest BCUT2D eigenvalue weighted by Gasteiger charge is -2.39. The van der Waals surface area contributed by atoms with Gasteiger partial charge in [-0.2, -0.15) is 4.31 Å². The van der Waals surface area contributed by atoms with Crippen molar-refractivity contribution >= 4 is 10.0 Å². The van der Waals surface area contributed by atoms with E-state index in [-0.39, 0.29) is 5.41 Å². The normalized spacial score (nSPS) is 21.1. The van der Waals surface area contributed by atoms with Crippen LogP contribution in [0.4, 0.5) is 0 Å². The number of rotatable bonds is 5. The minimum atomic E-state index is -3.07. The minimum Gasteiger partial charge on any atom is -0.330 e. The number of hydrogen-bond donors (Lipinski definition) is 1. The van der Waals surface area contributed by atoms with Crippen molar-refractivity contribution in [2.75, 3.05) is 45.5 Å². The number of nitrogens with two attached hydrogens (primary N) is 1. The zero-order valence-electron chi connectivity index (χ0n) is 12.8. The summed E-state index contributed by atoms with van der Waals surface area (Å²) in [6.07, 6.45) is 1.27. The van der Waals surface area contributed by atoms with E-state index in [1.54, 1.807) is 4.31 Å².